The van der Waals surface area contributed by atoms with E-state index in [1.807, 2.05) is 0 Å². The molecule has 2 aromatic carbocycles. The molecule has 0 spiro atoms. The van der Waals surface area contributed by atoms with Crippen molar-refractivity contribution in [2.24, 2.45) is 0 Å². The average Bonchev–Trinajstić information content (AvgIpc) is 2.66. The maximum Gasteiger partial charge on any atom is 0.264 e. The minimum Gasteiger partial charge on any atom is -0.493 e. The number of carbonyl (C=O) groups excluding carboxylic acids is 1. The second-order valence-corrected chi connectivity index (χ2v) is 7.55. The molecule has 2 rings (SSSR count). The second-order valence-electron chi connectivity index (χ2n) is 5.58. The van der Waals surface area contributed by atoms with E-state index in [0.717, 1.165) is 0 Å². The van der Waals surface area contributed by atoms with Crippen LogP contribution in [0.15, 0.2) is 47.4 Å². The molecule has 26 heavy (non-hydrogen) atoms. The van der Waals surface area contributed by atoms with Gasteiger partial charge in [0.15, 0.2) is 11.5 Å². The molecule has 1 amide bonds. The van der Waals surface area contributed by atoms with E-state index >= 15 is 0 Å². The van der Waals surface area contributed by atoms with Gasteiger partial charge < -0.3 is 14.4 Å². The first-order valence-electron chi connectivity index (χ1n) is 7.77. The van der Waals surface area contributed by atoms with Gasteiger partial charge in [-0.2, -0.15) is 0 Å². The first-order chi connectivity index (χ1) is 12.2. The molecule has 0 N–H and O–H groups in total. The van der Waals surface area contributed by atoms with Gasteiger partial charge in [0.2, 0.25) is 5.91 Å². The smallest absolute Gasteiger partial charge is 0.264 e. The van der Waals surface area contributed by atoms with E-state index in [4.69, 9.17) is 9.47 Å². The normalized spacial score (nSPS) is 11.0. The third kappa shape index (κ3) is 3.75. The number of amides is 1. The molecule has 0 aliphatic heterocycles. The van der Waals surface area contributed by atoms with Crippen LogP contribution in [0, 0.1) is 0 Å². The Kier molecular flexibility index (Phi) is 5.76. The summed E-state index contributed by atoms with van der Waals surface area (Å²) in [7, 11) is 2.27. The Bertz CT molecular complexity index is 894. The molecule has 0 heterocycles. The summed E-state index contributed by atoms with van der Waals surface area (Å²) in [5, 5.41) is 0. The van der Waals surface area contributed by atoms with E-state index in [1.165, 1.54) is 49.5 Å². The maximum absolute atomic E-state index is 12.9. The number of rotatable bonds is 6. The highest BCUT2D eigenvalue weighted by atomic mass is 32.2. The van der Waals surface area contributed by atoms with Crippen molar-refractivity contribution >= 4 is 27.3 Å². The van der Waals surface area contributed by atoms with Crippen LogP contribution >= 0.6 is 0 Å². The number of nitrogens with zero attached hydrogens (tertiary/aromatic N) is 2. The van der Waals surface area contributed by atoms with Crippen molar-refractivity contribution in [1.82, 2.24) is 0 Å². The highest BCUT2D eigenvalue weighted by Crippen LogP contribution is 2.32. The molecule has 0 fully saturated rings. The molecule has 8 heteroatoms. The lowest BCUT2D eigenvalue weighted by Crippen LogP contribution is -2.27. The lowest BCUT2D eigenvalue weighted by Gasteiger charge is -2.21. The molecular weight excluding hydrogens is 356 g/mol. The van der Waals surface area contributed by atoms with Gasteiger partial charge in [-0.15, -0.1) is 0 Å². The Labute approximate surface area is 153 Å². The summed E-state index contributed by atoms with van der Waals surface area (Å²) in [5.74, 6) is 0.676. The Morgan fingerprint density at radius 1 is 0.885 bits per heavy atom. The van der Waals surface area contributed by atoms with Crippen LogP contribution in [0.3, 0.4) is 0 Å². The molecule has 0 radical (unpaired) electrons. The van der Waals surface area contributed by atoms with Crippen molar-refractivity contribution in [3.05, 3.63) is 42.5 Å². The van der Waals surface area contributed by atoms with Crippen LogP contribution in [-0.4, -0.2) is 42.6 Å². The van der Waals surface area contributed by atoms with E-state index in [0.29, 0.717) is 22.9 Å². The maximum atomic E-state index is 12.9. The van der Waals surface area contributed by atoms with Gasteiger partial charge in [0.25, 0.3) is 10.0 Å². The number of carbonyl (C=O) groups is 1. The monoisotopic (exact) mass is 378 g/mol. The number of hydrogen-bond donors (Lipinski definition) is 0. The van der Waals surface area contributed by atoms with E-state index < -0.39 is 10.0 Å². The zero-order valence-corrected chi connectivity index (χ0v) is 16.2. The lowest BCUT2D eigenvalue weighted by atomic mass is 10.2. The summed E-state index contributed by atoms with van der Waals surface area (Å²) in [5.41, 5.74) is 1.15. The molecule has 0 atom stereocenters. The number of methoxy groups -OCH3 is 2. The number of ether oxygens (including phenoxy) is 2. The summed E-state index contributed by atoms with van der Waals surface area (Å²) in [6, 6.07) is 11.1. The van der Waals surface area contributed by atoms with Crippen LogP contribution in [0.4, 0.5) is 11.4 Å². The summed E-state index contributed by atoms with van der Waals surface area (Å²) >= 11 is 0. The SMILES string of the molecule is COc1ccc(S(=O)(=O)N(C)c2ccc(N(C)C(C)=O)cc2)cc1OC. The molecular formula is C18H22N2O5S. The predicted octanol–water partition coefficient (Wildman–Crippen LogP) is 2.51. The second kappa shape index (κ2) is 7.65. The average molecular weight is 378 g/mol. The van der Waals surface area contributed by atoms with E-state index in [2.05, 4.69) is 0 Å². The Balaban J connectivity index is 2.36. The van der Waals surface area contributed by atoms with Crippen molar-refractivity contribution in [3.63, 3.8) is 0 Å². The van der Waals surface area contributed by atoms with E-state index in [-0.39, 0.29) is 10.8 Å². The third-order valence-electron chi connectivity index (χ3n) is 4.09. The van der Waals surface area contributed by atoms with Crippen LogP contribution < -0.4 is 18.7 Å². The molecule has 7 nitrogen and oxygen atoms in total. The largest absolute Gasteiger partial charge is 0.493 e. The summed E-state index contributed by atoms with van der Waals surface area (Å²) in [6.45, 7) is 1.46. The predicted molar refractivity (Wildman–Crippen MR) is 101 cm³/mol. The Morgan fingerprint density at radius 2 is 1.42 bits per heavy atom. The summed E-state index contributed by atoms with van der Waals surface area (Å²) in [4.78, 5) is 13.0. The van der Waals surface area contributed by atoms with E-state index in [1.54, 1.807) is 37.4 Å². The third-order valence-corrected chi connectivity index (χ3v) is 5.87. The van der Waals surface area contributed by atoms with Crippen molar-refractivity contribution in [1.29, 1.82) is 0 Å². The van der Waals surface area contributed by atoms with Gasteiger partial charge in [-0.1, -0.05) is 0 Å². The zero-order valence-electron chi connectivity index (χ0n) is 15.4. The first kappa shape index (κ1) is 19.6. The zero-order chi connectivity index (χ0) is 19.5. The molecule has 0 aliphatic carbocycles. The lowest BCUT2D eigenvalue weighted by molar-refractivity contribution is -0.116. The van der Waals surface area contributed by atoms with Crippen LogP contribution in [0.2, 0.25) is 0 Å². The molecule has 0 bridgehead atoms. The van der Waals surface area contributed by atoms with Crippen LogP contribution in [-0.2, 0) is 14.8 Å². The summed E-state index contributed by atoms with van der Waals surface area (Å²) < 4.78 is 37.3. The number of sulfonamides is 1. The molecule has 0 unspecified atom stereocenters. The topological polar surface area (TPSA) is 76.2 Å². The van der Waals surface area contributed by atoms with Gasteiger partial charge in [0, 0.05) is 32.8 Å². The van der Waals surface area contributed by atoms with Crippen molar-refractivity contribution in [2.75, 3.05) is 37.5 Å². The molecule has 140 valence electrons. The Hall–Kier alpha value is -2.74. The minimum absolute atomic E-state index is 0.0857. The van der Waals surface area contributed by atoms with Gasteiger partial charge in [0.05, 0.1) is 24.8 Å². The number of hydrogen-bond acceptors (Lipinski definition) is 5. The van der Waals surface area contributed by atoms with Gasteiger partial charge >= 0.3 is 0 Å². The van der Waals surface area contributed by atoms with Crippen molar-refractivity contribution in [3.8, 4) is 11.5 Å². The quantitative estimate of drug-likeness (QED) is 0.772. The molecule has 2 aromatic rings. The van der Waals surface area contributed by atoms with Crippen LogP contribution in [0.25, 0.3) is 0 Å². The number of benzene rings is 2. The molecule has 0 saturated carbocycles. The minimum atomic E-state index is -3.78. The van der Waals surface area contributed by atoms with Gasteiger partial charge in [-0.05, 0) is 36.4 Å². The molecule has 0 aromatic heterocycles. The van der Waals surface area contributed by atoms with Crippen molar-refractivity contribution < 1.29 is 22.7 Å². The fourth-order valence-corrected chi connectivity index (χ4v) is 3.55. The van der Waals surface area contributed by atoms with Crippen LogP contribution in [0.5, 0.6) is 11.5 Å². The van der Waals surface area contributed by atoms with Crippen molar-refractivity contribution in [2.45, 2.75) is 11.8 Å². The van der Waals surface area contributed by atoms with Crippen LogP contribution in [0.1, 0.15) is 6.92 Å². The highest BCUT2D eigenvalue weighted by Gasteiger charge is 2.23. The van der Waals surface area contributed by atoms with Gasteiger partial charge in [0.1, 0.15) is 0 Å². The summed E-state index contributed by atoms with van der Waals surface area (Å²) in [6.07, 6.45) is 0. The highest BCUT2D eigenvalue weighted by molar-refractivity contribution is 7.92. The number of anilines is 2. The first-order valence-corrected chi connectivity index (χ1v) is 9.21. The molecule has 0 aliphatic rings. The van der Waals surface area contributed by atoms with E-state index in [9.17, 15) is 13.2 Å². The van der Waals surface area contributed by atoms with Gasteiger partial charge in [-0.25, -0.2) is 8.42 Å². The van der Waals surface area contributed by atoms with Gasteiger partial charge in [-0.3, -0.25) is 9.10 Å². The fraction of sp³-hybridized carbons (Fsp3) is 0.278. The Morgan fingerprint density at radius 3 is 1.92 bits per heavy atom. The molecule has 0 saturated heterocycles. The fourth-order valence-electron chi connectivity index (χ4n) is 2.34. The standard InChI is InChI=1S/C18H22N2O5S/c1-13(21)19(2)14-6-8-15(9-7-14)20(3)26(22,23)16-10-11-17(24-4)18(12-16)25-5/h6-12H,1-5H3.